The van der Waals surface area contributed by atoms with Crippen LogP contribution in [0.1, 0.15) is 32.3 Å². The normalized spacial score (nSPS) is 12.8. The largest absolute Gasteiger partial charge is 0.356 e. The Morgan fingerprint density at radius 2 is 1.89 bits per heavy atom. The lowest BCUT2D eigenvalue weighted by atomic mass is 9.97. The Morgan fingerprint density at radius 3 is 2.37 bits per heavy atom. The average molecular weight is 283 g/mol. The Balaban J connectivity index is 2.91. The van der Waals surface area contributed by atoms with Crippen molar-refractivity contribution in [2.45, 2.75) is 32.7 Å². The van der Waals surface area contributed by atoms with Gasteiger partial charge in [0.1, 0.15) is 0 Å². The highest BCUT2D eigenvalue weighted by Gasteiger charge is 2.22. The minimum absolute atomic E-state index is 0.0670. The van der Waals surface area contributed by atoms with Gasteiger partial charge < -0.3 is 10.2 Å². The van der Waals surface area contributed by atoms with E-state index in [-0.39, 0.29) is 11.8 Å². The molecule has 0 saturated carbocycles. The highest BCUT2D eigenvalue weighted by Crippen LogP contribution is 2.20. The summed E-state index contributed by atoms with van der Waals surface area (Å²) < 4.78 is 0. The van der Waals surface area contributed by atoms with Crippen LogP contribution < -0.4 is 5.32 Å². The highest BCUT2D eigenvalue weighted by molar-refractivity contribution is 6.30. The van der Waals surface area contributed by atoms with Crippen LogP contribution in [0.25, 0.3) is 0 Å². The summed E-state index contributed by atoms with van der Waals surface area (Å²) in [5, 5.41) is 3.59. The van der Waals surface area contributed by atoms with Gasteiger partial charge in [-0.2, -0.15) is 0 Å². The van der Waals surface area contributed by atoms with Gasteiger partial charge >= 0.3 is 0 Å². The van der Waals surface area contributed by atoms with E-state index in [1.54, 1.807) is 0 Å². The topological polar surface area (TPSA) is 32.3 Å². The number of benzene rings is 1. The van der Waals surface area contributed by atoms with Crippen molar-refractivity contribution in [3.8, 4) is 0 Å². The first-order valence-corrected chi connectivity index (χ1v) is 7.07. The van der Waals surface area contributed by atoms with Gasteiger partial charge in [0.25, 0.3) is 0 Å². The monoisotopic (exact) mass is 282 g/mol. The molecule has 1 aromatic carbocycles. The van der Waals surface area contributed by atoms with E-state index in [4.69, 9.17) is 11.6 Å². The first-order chi connectivity index (χ1) is 8.95. The van der Waals surface area contributed by atoms with Gasteiger partial charge in [-0.1, -0.05) is 23.7 Å². The number of halogens is 1. The quantitative estimate of drug-likeness (QED) is 0.870. The number of nitrogens with one attached hydrogen (secondary N) is 1. The van der Waals surface area contributed by atoms with Gasteiger partial charge in [-0.15, -0.1) is 0 Å². The molecule has 0 bridgehead atoms. The number of hydrogen-bond donors (Lipinski definition) is 1. The smallest absolute Gasteiger partial charge is 0.228 e. The lowest BCUT2D eigenvalue weighted by molar-refractivity contribution is -0.122. The Morgan fingerprint density at radius 1 is 1.32 bits per heavy atom. The lowest BCUT2D eigenvalue weighted by Crippen LogP contribution is -2.38. The van der Waals surface area contributed by atoms with Gasteiger partial charge in [0.05, 0.1) is 5.92 Å². The molecule has 3 nitrogen and oxygen atoms in total. The Hall–Kier alpha value is -1.06. The molecule has 0 radical (unpaired) electrons. The summed E-state index contributed by atoms with van der Waals surface area (Å²) >= 11 is 5.90. The van der Waals surface area contributed by atoms with Crippen LogP contribution in [0.5, 0.6) is 0 Å². The first-order valence-electron chi connectivity index (χ1n) is 6.69. The second-order valence-electron chi connectivity index (χ2n) is 5.03. The summed E-state index contributed by atoms with van der Waals surface area (Å²) in [6, 6.07) is 7.92. The molecule has 1 rings (SSSR count). The molecule has 0 fully saturated rings. The third-order valence-corrected chi connectivity index (χ3v) is 3.54. The summed E-state index contributed by atoms with van der Waals surface area (Å²) in [7, 11) is 2.03. The molecule has 19 heavy (non-hydrogen) atoms. The van der Waals surface area contributed by atoms with Gasteiger partial charge in [-0.25, -0.2) is 0 Å². The third kappa shape index (κ3) is 4.84. The molecular weight excluding hydrogens is 260 g/mol. The van der Waals surface area contributed by atoms with E-state index in [1.165, 1.54) is 0 Å². The fraction of sp³-hybridized carbons (Fsp3) is 0.533. The Labute approximate surface area is 120 Å². The fourth-order valence-electron chi connectivity index (χ4n) is 1.83. The Bertz CT molecular complexity index is 403. The van der Waals surface area contributed by atoms with Gasteiger partial charge in [0.2, 0.25) is 5.91 Å². The van der Waals surface area contributed by atoms with Gasteiger partial charge in [-0.05, 0) is 45.5 Å². The molecule has 1 unspecified atom stereocenters. The van der Waals surface area contributed by atoms with Crippen molar-refractivity contribution in [3.05, 3.63) is 34.9 Å². The molecule has 1 atom stereocenters. The molecule has 1 aromatic rings. The van der Waals surface area contributed by atoms with E-state index in [2.05, 4.69) is 24.1 Å². The van der Waals surface area contributed by atoms with Gasteiger partial charge in [-0.3, -0.25) is 4.79 Å². The lowest BCUT2D eigenvalue weighted by Gasteiger charge is -2.26. The number of amides is 1. The van der Waals surface area contributed by atoms with E-state index in [9.17, 15) is 4.79 Å². The number of carbonyl (C=O) groups is 1. The van der Waals surface area contributed by atoms with Crippen LogP contribution in [-0.4, -0.2) is 37.0 Å². The maximum Gasteiger partial charge on any atom is 0.228 e. The predicted octanol–water partition coefficient (Wildman–Crippen LogP) is 2.90. The standard InChI is InChI=1S/C15H23ClN2O/c1-5-17-15(19)14(10-18(4)11(2)3)12-6-8-13(16)9-7-12/h6-9,11,14H,5,10H2,1-4H3,(H,17,19). The second-order valence-corrected chi connectivity index (χ2v) is 5.47. The Kier molecular flexibility index (Phi) is 6.32. The van der Waals surface area contributed by atoms with Crippen molar-refractivity contribution < 1.29 is 4.79 Å². The van der Waals surface area contributed by atoms with E-state index in [0.717, 1.165) is 5.56 Å². The van der Waals surface area contributed by atoms with Crippen LogP contribution in [0.4, 0.5) is 0 Å². The van der Waals surface area contributed by atoms with E-state index < -0.39 is 0 Å². The number of likely N-dealkylation sites (N-methyl/N-ethyl adjacent to an activating group) is 2. The van der Waals surface area contributed by atoms with Crippen LogP contribution in [0, 0.1) is 0 Å². The summed E-state index contributed by atoms with van der Waals surface area (Å²) in [6.45, 7) is 7.52. The van der Waals surface area contributed by atoms with Crippen molar-refractivity contribution in [3.63, 3.8) is 0 Å². The zero-order chi connectivity index (χ0) is 14.4. The van der Waals surface area contributed by atoms with Crippen LogP contribution in [0.2, 0.25) is 5.02 Å². The number of hydrogen-bond acceptors (Lipinski definition) is 2. The molecule has 0 heterocycles. The predicted molar refractivity (Wildman–Crippen MR) is 80.6 cm³/mol. The molecule has 0 aliphatic carbocycles. The van der Waals surface area contributed by atoms with E-state index in [1.807, 2.05) is 38.2 Å². The zero-order valence-electron chi connectivity index (χ0n) is 12.1. The van der Waals surface area contributed by atoms with Crippen LogP contribution in [0.3, 0.4) is 0 Å². The van der Waals surface area contributed by atoms with Crippen molar-refractivity contribution in [1.29, 1.82) is 0 Å². The molecule has 106 valence electrons. The molecule has 0 aromatic heterocycles. The maximum atomic E-state index is 12.2. The van der Waals surface area contributed by atoms with E-state index >= 15 is 0 Å². The highest BCUT2D eigenvalue weighted by atomic mass is 35.5. The molecule has 0 aliphatic heterocycles. The summed E-state index contributed by atoms with van der Waals surface area (Å²) in [5.74, 6) is -0.0954. The summed E-state index contributed by atoms with van der Waals surface area (Å²) in [6.07, 6.45) is 0. The van der Waals surface area contributed by atoms with Gasteiger partial charge in [0, 0.05) is 24.2 Å². The van der Waals surface area contributed by atoms with E-state index in [0.29, 0.717) is 24.2 Å². The van der Waals surface area contributed by atoms with Crippen molar-refractivity contribution in [2.24, 2.45) is 0 Å². The molecule has 0 saturated heterocycles. The average Bonchev–Trinajstić information content (AvgIpc) is 2.37. The number of rotatable bonds is 6. The van der Waals surface area contributed by atoms with Crippen molar-refractivity contribution in [1.82, 2.24) is 10.2 Å². The first kappa shape index (κ1) is 16.0. The molecule has 1 N–H and O–H groups in total. The molecule has 0 aliphatic rings. The molecular formula is C15H23ClN2O. The molecule has 4 heteroatoms. The molecule has 1 amide bonds. The zero-order valence-corrected chi connectivity index (χ0v) is 12.9. The SMILES string of the molecule is CCNC(=O)C(CN(C)C(C)C)c1ccc(Cl)cc1. The summed E-state index contributed by atoms with van der Waals surface area (Å²) in [5.41, 5.74) is 1.00. The second kappa shape index (κ2) is 7.51. The van der Waals surface area contributed by atoms with Crippen molar-refractivity contribution >= 4 is 17.5 Å². The number of nitrogens with zero attached hydrogens (tertiary/aromatic N) is 1. The number of carbonyl (C=O) groups excluding carboxylic acids is 1. The third-order valence-electron chi connectivity index (χ3n) is 3.29. The minimum atomic E-state index is -0.162. The van der Waals surface area contributed by atoms with Crippen molar-refractivity contribution in [2.75, 3.05) is 20.1 Å². The molecule has 0 spiro atoms. The minimum Gasteiger partial charge on any atom is -0.356 e. The van der Waals surface area contributed by atoms with Crippen LogP contribution >= 0.6 is 11.6 Å². The summed E-state index contributed by atoms with van der Waals surface area (Å²) in [4.78, 5) is 14.4. The fourth-order valence-corrected chi connectivity index (χ4v) is 1.96. The van der Waals surface area contributed by atoms with Gasteiger partial charge in [0.15, 0.2) is 0 Å². The maximum absolute atomic E-state index is 12.2. The van der Waals surface area contributed by atoms with Crippen LogP contribution in [-0.2, 0) is 4.79 Å². The van der Waals surface area contributed by atoms with Crippen LogP contribution in [0.15, 0.2) is 24.3 Å².